The zero-order valence-corrected chi connectivity index (χ0v) is 12.4. The first kappa shape index (κ1) is 13.6. The molecule has 1 amide bonds. The van der Waals surface area contributed by atoms with Crippen LogP contribution < -0.4 is 10.1 Å². The molecule has 1 aliphatic carbocycles. The third-order valence-corrected chi connectivity index (χ3v) is 3.85. The van der Waals surface area contributed by atoms with Crippen LogP contribution in [0.1, 0.15) is 29.3 Å². The topological polar surface area (TPSA) is 69.0 Å². The van der Waals surface area contributed by atoms with E-state index in [1.807, 2.05) is 18.2 Å². The lowest BCUT2D eigenvalue weighted by Gasteiger charge is -2.12. The third-order valence-electron chi connectivity index (χ3n) is 3.85. The molecule has 0 saturated carbocycles. The summed E-state index contributed by atoms with van der Waals surface area (Å²) >= 11 is 0. The van der Waals surface area contributed by atoms with Gasteiger partial charge < -0.3 is 4.74 Å². The van der Waals surface area contributed by atoms with Crippen LogP contribution in [0.15, 0.2) is 18.2 Å². The molecule has 0 aliphatic heterocycles. The van der Waals surface area contributed by atoms with Crippen LogP contribution in [-0.4, -0.2) is 27.8 Å². The molecule has 0 bridgehead atoms. The van der Waals surface area contributed by atoms with Crippen molar-refractivity contribution in [1.82, 2.24) is 14.8 Å². The molecule has 6 heteroatoms. The van der Waals surface area contributed by atoms with Gasteiger partial charge >= 0.3 is 0 Å². The third kappa shape index (κ3) is 2.49. The summed E-state index contributed by atoms with van der Waals surface area (Å²) in [6.45, 7) is 1.80. The fraction of sp³-hybridized carbons (Fsp3) is 0.400. The summed E-state index contributed by atoms with van der Waals surface area (Å²) in [6, 6.07) is 5.92. The second-order valence-electron chi connectivity index (χ2n) is 5.25. The molecule has 1 aliphatic rings. The summed E-state index contributed by atoms with van der Waals surface area (Å²) in [4.78, 5) is 16.7. The number of aryl methyl sites for hydroxylation is 3. The Kier molecular flexibility index (Phi) is 3.37. The van der Waals surface area contributed by atoms with Gasteiger partial charge in [-0.1, -0.05) is 6.07 Å². The highest BCUT2D eigenvalue weighted by Crippen LogP contribution is 2.36. The smallest absolute Gasteiger partial charge is 0.234 e. The van der Waals surface area contributed by atoms with Crippen molar-refractivity contribution in [1.29, 1.82) is 0 Å². The van der Waals surface area contributed by atoms with Gasteiger partial charge in [-0.3, -0.25) is 10.1 Å². The van der Waals surface area contributed by atoms with Gasteiger partial charge in [0, 0.05) is 7.05 Å². The minimum Gasteiger partial charge on any atom is -0.497 e. The van der Waals surface area contributed by atoms with E-state index in [2.05, 4.69) is 15.4 Å². The molecule has 1 atom stereocenters. The van der Waals surface area contributed by atoms with Crippen LogP contribution in [0.2, 0.25) is 0 Å². The zero-order chi connectivity index (χ0) is 15.0. The maximum absolute atomic E-state index is 12.5. The molecule has 0 spiro atoms. The predicted octanol–water partition coefficient (Wildman–Crippen LogP) is 1.80. The number of hydrogen-bond acceptors (Lipinski definition) is 4. The van der Waals surface area contributed by atoms with Gasteiger partial charge in [0.1, 0.15) is 11.6 Å². The Hall–Kier alpha value is -2.37. The number of nitrogens with one attached hydrogen (secondary N) is 1. The molecule has 1 aromatic heterocycles. The lowest BCUT2D eigenvalue weighted by Crippen LogP contribution is -2.21. The van der Waals surface area contributed by atoms with E-state index in [4.69, 9.17) is 4.74 Å². The van der Waals surface area contributed by atoms with Crippen LogP contribution in [0.3, 0.4) is 0 Å². The molecule has 110 valence electrons. The fourth-order valence-corrected chi connectivity index (χ4v) is 2.80. The number of aromatic nitrogens is 3. The number of rotatable bonds is 3. The maximum atomic E-state index is 12.5. The summed E-state index contributed by atoms with van der Waals surface area (Å²) in [7, 11) is 3.40. The van der Waals surface area contributed by atoms with Gasteiger partial charge in [0.2, 0.25) is 11.9 Å². The first-order chi connectivity index (χ1) is 10.1. The van der Waals surface area contributed by atoms with Crippen molar-refractivity contribution in [2.45, 2.75) is 25.7 Å². The molecule has 0 fully saturated rings. The second-order valence-corrected chi connectivity index (χ2v) is 5.25. The van der Waals surface area contributed by atoms with Crippen LogP contribution in [-0.2, 0) is 18.3 Å². The van der Waals surface area contributed by atoms with Crippen molar-refractivity contribution < 1.29 is 9.53 Å². The van der Waals surface area contributed by atoms with Crippen LogP contribution in [0.25, 0.3) is 0 Å². The molecule has 1 heterocycles. The second kappa shape index (κ2) is 5.20. The summed E-state index contributed by atoms with van der Waals surface area (Å²) in [5, 5.41) is 6.99. The van der Waals surface area contributed by atoms with Gasteiger partial charge in [-0.05, 0) is 43.0 Å². The van der Waals surface area contributed by atoms with Crippen LogP contribution in [0.4, 0.5) is 5.95 Å². The standard InChI is InChI=1S/C15H18N4O2/c1-9-16-15(19(2)18-9)17-14(20)12-7-5-10-4-6-11(21-3)8-13(10)12/h4,6,8,12H,5,7H2,1-3H3,(H,16,17,18,20). The highest BCUT2D eigenvalue weighted by atomic mass is 16.5. The summed E-state index contributed by atoms with van der Waals surface area (Å²) in [5.41, 5.74) is 2.26. The van der Waals surface area contributed by atoms with Gasteiger partial charge in [-0.2, -0.15) is 10.1 Å². The number of hydrogen-bond donors (Lipinski definition) is 1. The highest BCUT2D eigenvalue weighted by molar-refractivity contribution is 5.95. The number of ether oxygens (including phenoxy) is 1. The number of carbonyl (C=O) groups is 1. The Morgan fingerprint density at radius 2 is 2.29 bits per heavy atom. The van der Waals surface area contributed by atoms with E-state index in [0.29, 0.717) is 11.8 Å². The molecule has 21 heavy (non-hydrogen) atoms. The average molecular weight is 286 g/mol. The molecular weight excluding hydrogens is 268 g/mol. The van der Waals surface area contributed by atoms with E-state index in [-0.39, 0.29) is 11.8 Å². The van der Waals surface area contributed by atoms with E-state index in [0.717, 1.165) is 24.2 Å². The van der Waals surface area contributed by atoms with Crippen LogP contribution in [0.5, 0.6) is 5.75 Å². The molecule has 1 N–H and O–H groups in total. The molecule has 1 aromatic carbocycles. The normalized spacial score (nSPS) is 16.6. The number of carbonyl (C=O) groups excluding carboxylic acids is 1. The number of anilines is 1. The van der Waals surface area contributed by atoms with Gasteiger partial charge in [0.05, 0.1) is 13.0 Å². The zero-order valence-electron chi connectivity index (χ0n) is 12.4. The molecular formula is C15H18N4O2. The Morgan fingerprint density at radius 3 is 2.95 bits per heavy atom. The minimum atomic E-state index is -0.160. The fourth-order valence-electron chi connectivity index (χ4n) is 2.80. The first-order valence-corrected chi connectivity index (χ1v) is 6.94. The Labute approximate surface area is 123 Å². The highest BCUT2D eigenvalue weighted by Gasteiger charge is 2.29. The average Bonchev–Trinajstić information content (AvgIpc) is 3.01. The van der Waals surface area contributed by atoms with E-state index in [9.17, 15) is 4.79 Å². The maximum Gasteiger partial charge on any atom is 0.234 e. The van der Waals surface area contributed by atoms with E-state index in [1.54, 1.807) is 25.8 Å². The monoisotopic (exact) mass is 286 g/mol. The summed E-state index contributed by atoms with van der Waals surface area (Å²) in [6.07, 6.45) is 1.72. The van der Waals surface area contributed by atoms with Crippen molar-refractivity contribution in [2.24, 2.45) is 7.05 Å². The quantitative estimate of drug-likeness (QED) is 0.934. The lowest BCUT2D eigenvalue weighted by atomic mass is 10.0. The molecule has 6 nitrogen and oxygen atoms in total. The lowest BCUT2D eigenvalue weighted by molar-refractivity contribution is -0.117. The summed E-state index contributed by atoms with van der Waals surface area (Å²) < 4.78 is 6.83. The van der Waals surface area contributed by atoms with Crippen molar-refractivity contribution >= 4 is 11.9 Å². The van der Waals surface area contributed by atoms with E-state index < -0.39 is 0 Å². The first-order valence-electron chi connectivity index (χ1n) is 6.94. The predicted molar refractivity (Wildman–Crippen MR) is 78.4 cm³/mol. The number of amides is 1. The molecule has 0 radical (unpaired) electrons. The van der Waals surface area contributed by atoms with Crippen molar-refractivity contribution in [2.75, 3.05) is 12.4 Å². The van der Waals surface area contributed by atoms with Crippen molar-refractivity contribution in [3.8, 4) is 5.75 Å². The van der Waals surface area contributed by atoms with Gasteiger partial charge in [0.15, 0.2) is 0 Å². The van der Waals surface area contributed by atoms with Crippen molar-refractivity contribution in [3.63, 3.8) is 0 Å². The van der Waals surface area contributed by atoms with Gasteiger partial charge in [-0.25, -0.2) is 4.68 Å². The van der Waals surface area contributed by atoms with E-state index in [1.165, 1.54) is 5.56 Å². The van der Waals surface area contributed by atoms with E-state index >= 15 is 0 Å². The number of nitrogens with zero attached hydrogens (tertiary/aromatic N) is 3. The number of fused-ring (bicyclic) bond motifs is 1. The van der Waals surface area contributed by atoms with Crippen molar-refractivity contribution in [3.05, 3.63) is 35.2 Å². The SMILES string of the molecule is COc1ccc2c(c1)C(C(=O)Nc1nc(C)nn1C)CC2. The molecule has 2 aromatic rings. The Bertz CT molecular complexity index is 693. The minimum absolute atomic E-state index is 0.0440. The van der Waals surface area contributed by atoms with Gasteiger partial charge in [-0.15, -0.1) is 0 Å². The Morgan fingerprint density at radius 1 is 1.48 bits per heavy atom. The number of methoxy groups -OCH3 is 1. The van der Waals surface area contributed by atoms with Crippen LogP contribution >= 0.6 is 0 Å². The molecule has 0 saturated heterocycles. The number of benzene rings is 1. The Balaban J connectivity index is 1.83. The molecule has 3 rings (SSSR count). The summed E-state index contributed by atoms with van der Waals surface area (Å²) in [5.74, 6) is 1.70. The van der Waals surface area contributed by atoms with Crippen LogP contribution in [0, 0.1) is 6.92 Å². The largest absolute Gasteiger partial charge is 0.497 e. The van der Waals surface area contributed by atoms with Gasteiger partial charge in [0.25, 0.3) is 0 Å². The molecule has 1 unspecified atom stereocenters.